The number of nitriles is 2. The first-order chi connectivity index (χ1) is 10.1. The summed E-state index contributed by atoms with van der Waals surface area (Å²) in [5, 5.41) is 27.5. The molecule has 0 saturated heterocycles. The van der Waals surface area contributed by atoms with Crippen molar-refractivity contribution in [3.63, 3.8) is 0 Å². The predicted molar refractivity (Wildman–Crippen MR) is 79.6 cm³/mol. The first-order valence-corrected chi connectivity index (χ1v) is 6.98. The van der Waals surface area contributed by atoms with Gasteiger partial charge in [-0.1, -0.05) is 6.07 Å². The summed E-state index contributed by atoms with van der Waals surface area (Å²) < 4.78 is 5.50. The first-order valence-electron chi connectivity index (χ1n) is 6.98. The van der Waals surface area contributed by atoms with Gasteiger partial charge in [-0.3, -0.25) is 4.90 Å². The standard InChI is InChI=1S/C16H21N3O2/c1-13(2)19(8-4-7-17)11-15(20)12-21-16-6-3-5-14(9-16)10-18/h3,5-6,9,13,15,20H,4,8,11-12H2,1-2H3. The van der Waals surface area contributed by atoms with Crippen molar-refractivity contribution >= 4 is 0 Å². The smallest absolute Gasteiger partial charge is 0.120 e. The summed E-state index contributed by atoms with van der Waals surface area (Å²) in [7, 11) is 0. The second-order valence-electron chi connectivity index (χ2n) is 5.10. The minimum absolute atomic E-state index is 0.157. The van der Waals surface area contributed by atoms with Crippen molar-refractivity contribution in [1.82, 2.24) is 4.90 Å². The lowest BCUT2D eigenvalue weighted by Gasteiger charge is -2.27. The van der Waals surface area contributed by atoms with Gasteiger partial charge in [0.2, 0.25) is 0 Å². The molecule has 1 atom stereocenters. The highest BCUT2D eigenvalue weighted by atomic mass is 16.5. The van der Waals surface area contributed by atoms with E-state index in [1.54, 1.807) is 24.3 Å². The van der Waals surface area contributed by atoms with Crippen molar-refractivity contribution in [3.05, 3.63) is 29.8 Å². The number of rotatable bonds is 8. The molecule has 1 N–H and O–H groups in total. The Hall–Kier alpha value is -2.08. The van der Waals surface area contributed by atoms with Crippen molar-refractivity contribution in [3.8, 4) is 17.9 Å². The van der Waals surface area contributed by atoms with Crippen LogP contribution in [-0.2, 0) is 0 Å². The van der Waals surface area contributed by atoms with Gasteiger partial charge < -0.3 is 9.84 Å². The molecule has 0 heterocycles. The lowest BCUT2D eigenvalue weighted by molar-refractivity contribution is 0.0584. The van der Waals surface area contributed by atoms with Crippen molar-refractivity contribution in [2.24, 2.45) is 0 Å². The lowest BCUT2D eigenvalue weighted by Crippen LogP contribution is -2.40. The van der Waals surface area contributed by atoms with E-state index < -0.39 is 6.10 Å². The van der Waals surface area contributed by atoms with Crippen LogP contribution in [0.5, 0.6) is 5.75 Å². The molecule has 0 radical (unpaired) electrons. The van der Waals surface area contributed by atoms with Gasteiger partial charge >= 0.3 is 0 Å². The van der Waals surface area contributed by atoms with Gasteiger partial charge in [-0.05, 0) is 32.0 Å². The maximum Gasteiger partial charge on any atom is 0.120 e. The van der Waals surface area contributed by atoms with Crippen LogP contribution in [0.3, 0.4) is 0 Å². The third-order valence-corrected chi connectivity index (χ3v) is 3.09. The highest BCUT2D eigenvalue weighted by Crippen LogP contribution is 2.13. The first kappa shape index (κ1) is 17.0. The van der Waals surface area contributed by atoms with Crippen LogP contribution in [0.1, 0.15) is 25.8 Å². The van der Waals surface area contributed by atoms with Gasteiger partial charge in [0.15, 0.2) is 0 Å². The Morgan fingerprint density at radius 1 is 1.33 bits per heavy atom. The number of nitrogens with zero attached hydrogens (tertiary/aromatic N) is 3. The fourth-order valence-electron chi connectivity index (χ4n) is 1.93. The van der Waals surface area contributed by atoms with E-state index in [-0.39, 0.29) is 12.6 Å². The molecule has 112 valence electrons. The van der Waals surface area contributed by atoms with Gasteiger partial charge in [0.05, 0.1) is 17.7 Å². The summed E-state index contributed by atoms with van der Waals surface area (Å²) in [5.74, 6) is 0.571. The Labute approximate surface area is 126 Å². The molecule has 21 heavy (non-hydrogen) atoms. The van der Waals surface area contributed by atoms with Crippen LogP contribution in [0, 0.1) is 22.7 Å². The van der Waals surface area contributed by atoms with Gasteiger partial charge in [0, 0.05) is 25.6 Å². The van der Waals surface area contributed by atoms with Gasteiger partial charge in [-0.25, -0.2) is 0 Å². The number of benzene rings is 1. The normalized spacial score (nSPS) is 12.0. The Morgan fingerprint density at radius 3 is 2.71 bits per heavy atom. The van der Waals surface area contributed by atoms with Crippen molar-refractivity contribution in [1.29, 1.82) is 10.5 Å². The molecule has 0 bridgehead atoms. The number of ether oxygens (including phenoxy) is 1. The van der Waals surface area contributed by atoms with E-state index in [1.165, 1.54) is 0 Å². The molecule has 1 aromatic carbocycles. The molecule has 0 saturated carbocycles. The van der Waals surface area contributed by atoms with Crippen LogP contribution >= 0.6 is 0 Å². The summed E-state index contributed by atoms with van der Waals surface area (Å²) in [6.07, 6.45) is -0.201. The van der Waals surface area contributed by atoms with Gasteiger partial charge in [-0.15, -0.1) is 0 Å². The molecule has 0 aliphatic heterocycles. The molecular weight excluding hydrogens is 266 g/mol. The van der Waals surface area contributed by atoms with E-state index in [1.807, 2.05) is 24.8 Å². The molecule has 0 fully saturated rings. The number of aliphatic hydroxyl groups excluding tert-OH is 1. The van der Waals surface area contributed by atoms with Crippen LogP contribution in [0.2, 0.25) is 0 Å². The second-order valence-corrected chi connectivity index (χ2v) is 5.10. The lowest BCUT2D eigenvalue weighted by atomic mass is 10.2. The van der Waals surface area contributed by atoms with Crippen LogP contribution in [0.4, 0.5) is 0 Å². The summed E-state index contributed by atoms with van der Waals surface area (Å²) in [6.45, 7) is 5.31. The number of hydrogen-bond acceptors (Lipinski definition) is 5. The van der Waals surface area contributed by atoms with E-state index in [0.717, 1.165) is 0 Å². The summed E-state index contributed by atoms with van der Waals surface area (Å²) >= 11 is 0. The number of hydrogen-bond donors (Lipinski definition) is 1. The molecule has 1 aromatic rings. The topological polar surface area (TPSA) is 80.3 Å². The van der Waals surface area contributed by atoms with Crippen LogP contribution in [0.15, 0.2) is 24.3 Å². The second kappa shape index (κ2) is 8.97. The van der Waals surface area contributed by atoms with E-state index in [0.29, 0.717) is 30.8 Å². The maximum absolute atomic E-state index is 10.0. The largest absolute Gasteiger partial charge is 0.491 e. The third-order valence-electron chi connectivity index (χ3n) is 3.09. The third kappa shape index (κ3) is 6.27. The molecule has 0 amide bonds. The Balaban J connectivity index is 2.47. The zero-order valence-corrected chi connectivity index (χ0v) is 12.5. The molecule has 5 heteroatoms. The van der Waals surface area contributed by atoms with Crippen LogP contribution in [0.25, 0.3) is 0 Å². The molecular formula is C16H21N3O2. The maximum atomic E-state index is 10.0. The zero-order chi connectivity index (χ0) is 15.7. The molecule has 5 nitrogen and oxygen atoms in total. The molecule has 1 unspecified atom stereocenters. The summed E-state index contributed by atoms with van der Waals surface area (Å²) in [4.78, 5) is 2.04. The molecule has 0 spiro atoms. The fourth-order valence-corrected chi connectivity index (χ4v) is 1.93. The SMILES string of the molecule is CC(C)N(CCC#N)CC(O)COc1cccc(C#N)c1. The Bertz CT molecular complexity index is 517. The molecule has 0 aromatic heterocycles. The molecule has 0 aliphatic rings. The van der Waals surface area contributed by atoms with Crippen LogP contribution < -0.4 is 4.74 Å². The fraction of sp³-hybridized carbons (Fsp3) is 0.500. The molecule has 1 rings (SSSR count). The Morgan fingerprint density at radius 2 is 2.10 bits per heavy atom. The van der Waals surface area contributed by atoms with Crippen molar-refractivity contribution in [2.45, 2.75) is 32.4 Å². The van der Waals surface area contributed by atoms with Gasteiger partial charge in [0.25, 0.3) is 0 Å². The van der Waals surface area contributed by atoms with E-state index in [4.69, 9.17) is 15.3 Å². The average molecular weight is 287 g/mol. The van der Waals surface area contributed by atoms with Crippen molar-refractivity contribution < 1.29 is 9.84 Å². The van der Waals surface area contributed by atoms with E-state index in [9.17, 15) is 5.11 Å². The highest BCUT2D eigenvalue weighted by molar-refractivity contribution is 5.36. The monoisotopic (exact) mass is 287 g/mol. The zero-order valence-electron chi connectivity index (χ0n) is 12.5. The number of aliphatic hydroxyl groups is 1. The van der Waals surface area contributed by atoms with E-state index >= 15 is 0 Å². The summed E-state index contributed by atoms with van der Waals surface area (Å²) in [5.41, 5.74) is 0.528. The minimum atomic E-state index is -0.642. The quantitative estimate of drug-likeness (QED) is 0.790. The Kier molecular flexibility index (Phi) is 7.25. The highest BCUT2D eigenvalue weighted by Gasteiger charge is 2.15. The van der Waals surface area contributed by atoms with Gasteiger partial charge in [-0.2, -0.15) is 10.5 Å². The average Bonchev–Trinajstić information content (AvgIpc) is 2.49. The summed E-state index contributed by atoms with van der Waals surface area (Å²) in [6, 6.07) is 11.3. The molecule has 0 aliphatic carbocycles. The van der Waals surface area contributed by atoms with Crippen LogP contribution in [-0.4, -0.2) is 41.8 Å². The van der Waals surface area contributed by atoms with Gasteiger partial charge in [0.1, 0.15) is 18.5 Å². The van der Waals surface area contributed by atoms with Crippen molar-refractivity contribution in [2.75, 3.05) is 19.7 Å². The predicted octanol–water partition coefficient (Wildman–Crippen LogP) is 1.92. The van der Waals surface area contributed by atoms with E-state index in [2.05, 4.69) is 6.07 Å². The minimum Gasteiger partial charge on any atom is -0.491 e.